The van der Waals surface area contributed by atoms with Crippen LogP contribution in [0.4, 0.5) is 0 Å². The van der Waals surface area contributed by atoms with Gasteiger partial charge in [0.15, 0.2) is 0 Å². The van der Waals surface area contributed by atoms with E-state index in [1.807, 2.05) is 6.08 Å². The van der Waals surface area contributed by atoms with Crippen molar-refractivity contribution in [1.82, 2.24) is 0 Å². The molecule has 0 saturated heterocycles. The van der Waals surface area contributed by atoms with Crippen LogP contribution in [0, 0.1) is 23.7 Å². The minimum atomic E-state index is 0.238. The lowest BCUT2D eigenvalue weighted by Crippen LogP contribution is -2.32. The van der Waals surface area contributed by atoms with E-state index in [0.717, 1.165) is 21.7 Å². The Labute approximate surface area is 180 Å². The first-order valence-electron chi connectivity index (χ1n) is 11.1. The smallest absolute Gasteiger partial charge is 0.0112 e. The zero-order valence-electron chi connectivity index (χ0n) is 17.1. The van der Waals surface area contributed by atoms with Crippen LogP contribution in [0.5, 0.6) is 0 Å². The lowest BCUT2D eigenvalue weighted by molar-refractivity contribution is 0.126. The van der Waals surface area contributed by atoms with E-state index in [4.69, 9.17) is 0 Å². The van der Waals surface area contributed by atoms with Crippen molar-refractivity contribution in [2.45, 2.75) is 74.6 Å². The van der Waals surface area contributed by atoms with Gasteiger partial charge in [0.05, 0.1) is 0 Å². The van der Waals surface area contributed by atoms with E-state index in [1.54, 1.807) is 0 Å². The van der Waals surface area contributed by atoms with Crippen LogP contribution in [0.3, 0.4) is 0 Å². The van der Waals surface area contributed by atoms with Crippen LogP contribution in [-0.4, -0.2) is 3.92 Å². The minimum absolute atomic E-state index is 0.238. The first-order valence-corrected chi connectivity index (χ1v) is 12.3. The average Bonchev–Trinajstić information content (AvgIpc) is 2.87. The molecule has 27 heavy (non-hydrogen) atoms. The van der Waals surface area contributed by atoms with Crippen molar-refractivity contribution < 1.29 is 0 Å². The molecular weight excluding hydrogens is 439 g/mol. The third-order valence-corrected chi connectivity index (χ3v) is 9.13. The summed E-state index contributed by atoms with van der Waals surface area (Å²) < 4.78 is 0.949. The monoisotopic (exact) mass is 474 g/mol. The summed E-state index contributed by atoms with van der Waals surface area (Å²) in [5.74, 6) is 3.67. The fourth-order valence-corrected chi connectivity index (χ4v) is 7.52. The number of halogens is 1. The van der Waals surface area contributed by atoms with Gasteiger partial charge in [-0.05, 0) is 90.7 Å². The van der Waals surface area contributed by atoms with Crippen LogP contribution in [-0.2, 0) is 5.41 Å². The maximum atomic E-state index is 4.00. The third kappa shape index (κ3) is 3.82. The van der Waals surface area contributed by atoms with Gasteiger partial charge in [-0.2, -0.15) is 0 Å². The summed E-state index contributed by atoms with van der Waals surface area (Å²) >= 11 is 2.69. The van der Waals surface area contributed by atoms with Gasteiger partial charge in [0, 0.05) is 3.92 Å². The average molecular weight is 474 g/mol. The van der Waals surface area contributed by atoms with Crippen LogP contribution in [0.2, 0.25) is 0 Å². The standard InChI is InChI=1S/C26H35I/c1-4-7-22-23-8-5-6-9-24(23)26(2,3)25(22)15-11-18-10-12-20-17-21(27)14-13-19(20)16-18/h4-9,18-21,25H,1,10-17H2,2-3H3/b22-7-. The van der Waals surface area contributed by atoms with Crippen LogP contribution in [0.25, 0.3) is 5.57 Å². The zero-order valence-corrected chi connectivity index (χ0v) is 19.3. The predicted octanol–water partition coefficient (Wildman–Crippen LogP) is 7.96. The lowest BCUT2D eigenvalue weighted by atomic mass is 9.65. The SMILES string of the molecule is C=C/C=C1/c2ccccc2C(C)(C)C1CCC1CCC2CC(I)CCC2C1. The molecule has 1 aromatic carbocycles. The summed E-state index contributed by atoms with van der Waals surface area (Å²) in [5.41, 5.74) is 4.77. The van der Waals surface area contributed by atoms with E-state index in [1.165, 1.54) is 68.1 Å². The highest BCUT2D eigenvalue weighted by atomic mass is 127. The molecule has 4 rings (SSSR count). The Bertz CT molecular complexity index is 713. The van der Waals surface area contributed by atoms with Crippen LogP contribution < -0.4 is 0 Å². The fraction of sp³-hybridized carbons (Fsp3) is 0.615. The molecule has 0 spiro atoms. The van der Waals surface area contributed by atoms with Crippen molar-refractivity contribution in [1.29, 1.82) is 0 Å². The topological polar surface area (TPSA) is 0 Å². The van der Waals surface area contributed by atoms with Gasteiger partial charge in [-0.3, -0.25) is 0 Å². The van der Waals surface area contributed by atoms with Crippen molar-refractivity contribution in [2.75, 3.05) is 0 Å². The summed E-state index contributed by atoms with van der Waals surface area (Å²) in [6.07, 6.45) is 16.0. The van der Waals surface area contributed by atoms with Crippen LogP contribution >= 0.6 is 22.6 Å². The quantitative estimate of drug-likeness (QED) is 0.307. The Morgan fingerprint density at radius 1 is 1.04 bits per heavy atom. The summed E-state index contributed by atoms with van der Waals surface area (Å²) in [4.78, 5) is 0. The van der Waals surface area contributed by atoms with Crippen LogP contribution in [0.15, 0.2) is 43.0 Å². The predicted molar refractivity (Wildman–Crippen MR) is 126 cm³/mol. The van der Waals surface area contributed by atoms with E-state index in [2.05, 4.69) is 73.4 Å². The molecule has 3 aliphatic carbocycles. The maximum Gasteiger partial charge on any atom is 0.0112 e. The van der Waals surface area contributed by atoms with Crippen molar-refractivity contribution >= 4 is 28.2 Å². The molecule has 0 N–H and O–H groups in total. The number of rotatable bonds is 4. The van der Waals surface area contributed by atoms with E-state index in [9.17, 15) is 0 Å². The van der Waals surface area contributed by atoms with Gasteiger partial charge >= 0.3 is 0 Å². The molecular formula is C26H35I. The molecule has 0 amide bonds. The van der Waals surface area contributed by atoms with E-state index in [-0.39, 0.29) is 5.41 Å². The second-order valence-corrected chi connectivity index (χ2v) is 11.6. The van der Waals surface area contributed by atoms with Crippen molar-refractivity contribution in [2.24, 2.45) is 23.7 Å². The molecule has 0 radical (unpaired) electrons. The number of allylic oxidation sites excluding steroid dienone is 3. The van der Waals surface area contributed by atoms with Crippen LogP contribution in [0.1, 0.15) is 76.3 Å². The highest BCUT2D eigenvalue weighted by Gasteiger charge is 2.42. The Morgan fingerprint density at radius 3 is 2.59 bits per heavy atom. The number of alkyl halides is 1. The summed E-state index contributed by atoms with van der Waals surface area (Å²) in [6.45, 7) is 8.92. The molecule has 1 aromatic rings. The molecule has 0 aromatic heterocycles. The van der Waals surface area contributed by atoms with Gasteiger partial charge in [-0.1, -0.05) is 85.9 Å². The Kier molecular flexibility index (Phi) is 5.88. The van der Waals surface area contributed by atoms with Crippen molar-refractivity contribution in [3.05, 3.63) is 54.1 Å². The highest BCUT2D eigenvalue weighted by molar-refractivity contribution is 14.1. The summed E-state index contributed by atoms with van der Waals surface area (Å²) in [6, 6.07) is 9.07. The van der Waals surface area contributed by atoms with E-state index < -0.39 is 0 Å². The number of hydrogen-bond donors (Lipinski definition) is 0. The van der Waals surface area contributed by atoms with Gasteiger partial charge < -0.3 is 0 Å². The lowest BCUT2D eigenvalue weighted by Gasteiger charge is -2.41. The van der Waals surface area contributed by atoms with E-state index in [0.29, 0.717) is 5.92 Å². The summed E-state index contributed by atoms with van der Waals surface area (Å²) in [7, 11) is 0. The first kappa shape index (κ1) is 19.7. The van der Waals surface area contributed by atoms with Gasteiger partial charge in [0.2, 0.25) is 0 Å². The maximum absolute atomic E-state index is 4.00. The Morgan fingerprint density at radius 2 is 1.78 bits per heavy atom. The minimum Gasteiger partial charge on any atom is -0.0991 e. The van der Waals surface area contributed by atoms with Crippen molar-refractivity contribution in [3.8, 4) is 0 Å². The molecule has 1 heteroatoms. The number of fused-ring (bicyclic) bond motifs is 2. The molecule has 0 bridgehead atoms. The van der Waals surface area contributed by atoms with Gasteiger partial charge in [0.25, 0.3) is 0 Å². The number of hydrogen-bond acceptors (Lipinski definition) is 0. The molecule has 5 atom stereocenters. The molecule has 5 unspecified atom stereocenters. The molecule has 0 heterocycles. The van der Waals surface area contributed by atoms with Crippen molar-refractivity contribution in [3.63, 3.8) is 0 Å². The highest BCUT2D eigenvalue weighted by Crippen LogP contribution is 2.53. The fourth-order valence-electron chi connectivity index (χ4n) is 6.50. The molecule has 2 fully saturated rings. The second-order valence-electron chi connectivity index (χ2n) is 9.86. The largest absolute Gasteiger partial charge is 0.0991 e. The first-order chi connectivity index (χ1) is 13.0. The van der Waals surface area contributed by atoms with Gasteiger partial charge in [-0.25, -0.2) is 0 Å². The zero-order chi connectivity index (χ0) is 19.0. The Balaban J connectivity index is 1.45. The van der Waals surface area contributed by atoms with Gasteiger partial charge in [0.1, 0.15) is 0 Å². The Hall–Kier alpha value is -0.570. The summed E-state index contributed by atoms with van der Waals surface area (Å²) in [5, 5.41) is 0. The van der Waals surface area contributed by atoms with E-state index >= 15 is 0 Å². The normalized spacial score (nSPS) is 36.3. The van der Waals surface area contributed by atoms with Gasteiger partial charge in [-0.15, -0.1) is 0 Å². The molecule has 3 aliphatic rings. The molecule has 2 saturated carbocycles. The second kappa shape index (κ2) is 8.05. The molecule has 146 valence electrons. The third-order valence-electron chi connectivity index (χ3n) is 8.00. The molecule has 0 aliphatic heterocycles. The molecule has 0 nitrogen and oxygen atoms in total. The number of benzene rings is 1.